The third-order valence-electron chi connectivity index (χ3n) is 4.58. The van der Waals surface area contributed by atoms with Gasteiger partial charge in [-0.1, -0.05) is 35.3 Å². The Balaban J connectivity index is 1.63. The van der Waals surface area contributed by atoms with E-state index in [1.54, 1.807) is 16.7 Å². The highest BCUT2D eigenvalue weighted by molar-refractivity contribution is 6.42. The van der Waals surface area contributed by atoms with Crippen LogP contribution in [0.5, 0.6) is 0 Å². The first-order valence-electron chi connectivity index (χ1n) is 9.17. The van der Waals surface area contributed by atoms with Crippen LogP contribution in [0.25, 0.3) is 16.9 Å². The molecule has 5 N–H and O–H groups in total. The normalized spacial score (nSPS) is 11.7. The largest absolute Gasteiger partial charge is 0.369 e. The van der Waals surface area contributed by atoms with Crippen LogP contribution in [0.2, 0.25) is 10.0 Å². The molecule has 30 heavy (non-hydrogen) atoms. The fraction of sp³-hybridized carbons (Fsp3) is 0.200. The van der Waals surface area contributed by atoms with Gasteiger partial charge in [0.05, 0.1) is 21.8 Å². The summed E-state index contributed by atoms with van der Waals surface area (Å²) in [6.07, 6.45) is 4.11. The molecule has 0 radical (unpaired) electrons. The number of halogens is 2. The predicted molar refractivity (Wildman–Crippen MR) is 121 cm³/mol. The number of nitrogens with one attached hydrogen (secondary N) is 1. The summed E-state index contributed by atoms with van der Waals surface area (Å²) in [6.45, 7) is 4.03. The molecular weight excluding hydrogens is 423 g/mol. The lowest BCUT2D eigenvalue weighted by Gasteiger charge is -2.27. The number of fused-ring (bicyclic) bond motifs is 1. The Morgan fingerprint density at radius 1 is 1.07 bits per heavy atom. The fourth-order valence-corrected chi connectivity index (χ4v) is 3.61. The minimum absolute atomic E-state index is 0.109. The molecule has 3 heterocycles. The van der Waals surface area contributed by atoms with Gasteiger partial charge in [0, 0.05) is 17.3 Å². The van der Waals surface area contributed by atoms with Crippen LogP contribution in [0.3, 0.4) is 0 Å². The number of rotatable bonds is 5. The van der Waals surface area contributed by atoms with E-state index in [1.807, 2.05) is 44.3 Å². The van der Waals surface area contributed by atoms with Crippen molar-refractivity contribution in [2.24, 2.45) is 0 Å². The molecule has 0 aliphatic rings. The van der Waals surface area contributed by atoms with Crippen molar-refractivity contribution >= 4 is 46.6 Å². The van der Waals surface area contributed by atoms with Crippen molar-refractivity contribution in [1.29, 1.82) is 0 Å². The van der Waals surface area contributed by atoms with Gasteiger partial charge in [-0.2, -0.15) is 15.0 Å². The van der Waals surface area contributed by atoms with E-state index in [1.165, 1.54) is 0 Å². The van der Waals surface area contributed by atoms with Gasteiger partial charge in [-0.05, 0) is 44.0 Å². The van der Waals surface area contributed by atoms with Crippen LogP contribution in [0, 0.1) is 0 Å². The average Bonchev–Trinajstić information content (AvgIpc) is 3.05. The molecule has 154 valence electrons. The number of pyridine rings is 1. The number of nitrogens with zero attached hydrogens (tertiary/aromatic N) is 5. The molecule has 8 nitrogen and oxygen atoms in total. The molecule has 0 saturated heterocycles. The molecule has 4 rings (SSSR count). The lowest BCUT2D eigenvalue weighted by Crippen LogP contribution is -2.34. The lowest BCUT2D eigenvalue weighted by atomic mass is 9.95. The summed E-state index contributed by atoms with van der Waals surface area (Å²) in [4.78, 5) is 17.1. The summed E-state index contributed by atoms with van der Waals surface area (Å²) in [5.74, 6) is 1.28. The lowest BCUT2D eigenvalue weighted by molar-refractivity contribution is 0.558. The van der Waals surface area contributed by atoms with Crippen molar-refractivity contribution < 1.29 is 0 Å². The number of hydrogen-bond acceptors (Lipinski definition) is 7. The Morgan fingerprint density at radius 2 is 1.87 bits per heavy atom. The third kappa shape index (κ3) is 4.10. The van der Waals surface area contributed by atoms with Crippen LogP contribution in [-0.2, 0) is 6.42 Å². The predicted octanol–water partition coefficient (Wildman–Crippen LogP) is 4.09. The van der Waals surface area contributed by atoms with Gasteiger partial charge in [0.25, 0.3) is 0 Å². The zero-order valence-electron chi connectivity index (χ0n) is 16.4. The standard InChI is InChI=1S/C20H20Cl2N8/c1-20(2,8-11-4-3-5-14(21)15(11)22)29-19-27-16(26-17(23)28-19)12-6-7-13-9-25-18(24)30(13)10-12/h3-7,9-10H,8H2,1-2H3,(H2,24,25)(H3,23,26,27,28,29). The van der Waals surface area contributed by atoms with Crippen molar-refractivity contribution in [1.82, 2.24) is 24.3 Å². The highest BCUT2D eigenvalue weighted by atomic mass is 35.5. The molecule has 0 spiro atoms. The maximum atomic E-state index is 6.35. The minimum Gasteiger partial charge on any atom is -0.369 e. The van der Waals surface area contributed by atoms with Crippen molar-refractivity contribution in [3.63, 3.8) is 0 Å². The Labute approximate surface area is 183 Å². The molecule has 0 bridgehead atoms. The van der Waals surface area contributed by atoms with Gasteiger partial charge in [-0.3, -0.25) is 4.40 Å². The van der Waals surface area contributed by atoms with E-state index in [2.05, 4.69) is 25.3 Å². The van der Waals surface area contributed by atoms with Gasteiger partial charge in [0.15, 0.2) is 5.82 Å². The first kappa shape index (κ1) is 20.2. The second-order valence-corrected chi connectivity index (χ2v) is 8.35. The second-order valence-electron chi connectivity index (χ2n) is 7.57. The van der Waals surface area contributed by atoms with Gasteiger partial charge >= 0.3 is 0 Å². The molecule has 0 atom stereocenters. The van der Waals surface area contributed by atoms with E-state index in [0.29, 0.717) is 34.2 Å². The average molecular weight is 443 g/mol. The summed E-state index contributed by atoms with van der Waals surface area (Å²) in [5, 5.41) is 4.38. The number of benzene rings is 1. The number of anilines is 3. The van der Waals surface area contributed by atoms with Crippen LogP contribution in [0.15, 0.2) is 42.7 Å². The first-order valence-corrected chi connectivity index (χ1v) is 9.93. The van der Waals surface area contributed by atoms with Crippen LogP contribution in [0.4, 0.5) is 17.8 Å². The van der Waals surface area contributed by atoms with Crippen molar-refractivity contribution in [3.05, 3.63) is 58.3 Å². The van der Waals surface area contributed by atoms with E-state index in [4.69, 9.17) is 34.7 Å². The van der Waals surface area contributed by atoms with Gasteiger partial charge in [-0.15, -0.1) is 0 Å². The molecule has 3 aromatic heterocycles. The third-order valence-corrected chi connectivity index (χ3v) is 5.44. The quantitative estimate of drug-likeness (QED) is 0.425. The Hall–Kier alpha value is -3.10. The summed E-state index contributed by atoms with van der Waals surface area (Å²) >= 11 is 12.5. The molecule has 0 unspecified atom stereocenters. The molecule has 0 amide bonds. The summed E-state index contributed by atoms with van der Waals surface area (Å²) in [5.41, 5.74) is 14.0. The molecule has 0 aliphatic carbocycles. The number of nitrogen functional groups attached to an aromatic ring is 2. The minimum atomic E-state index is -0.432. The number of hydrogen-bond donors (Lipinski definition) is 3. The zero-order chi connectivity index (χ0) is 21.5. The van der Waals surface area contributed by atoms with Gasteiger partial charge in [0.2, 0.25) is 17.8 Å². The van der Waals surface area contributed by atoms with Crippen LogP contribution in [0.1, 0.15) is 19.4 Å². The first-order chi connectivity index (χ1) is 14.2. The van der Waals surface area contributed by atoms with E-state index in [9.17, 15) is 0 Å². The molecular formula is C20H20Cl2N8. The maximum absolute atomic E-state index is 6.35. The van der Waals surface area contributed by atoms with Crippen molar-refractivity contribution in [2.45, 2.75) is 25.8 Å². The summed E-state index contributed by atoms with van der Waals surface area (Å²) < 4.78 is 1.76. The SMILES string of the molecule is CC(C)(Cc1cccc(Cl)c1Cl)Nc1nc(N)nc(-c2ccc3cnc(N)n3c2)n1. The van der Waals surface area contributed by atoms with Crippen molar-refractivity contribution in [3.8, 4) is 11.4 Å². The Bertz CT molecular complexity index is 1230. The number of nitrogens with two attached hydrogens (primary N) is 2. The van der Waals surface area contributed by atoms with E-state index >= 15 is 0 Å². The smallest absolute Gasteiger partial charge is 0.228 e. The zero-order valence-corrected chi connectivity index (χ0v) is 17.9. The van der Waals surface area contributed by atoms with Gasteiger partial charge < -0.3 is 16.8 Å². The fourth-order valence-electron chi connectivity index (χ4n) is 3.23. The highest BCUT2D eigenvalue weighted by Crippen LogP contribution is 2.29. The Morgan fingerprint density at radius 3 is 2.67 bits per heavy atom. The topological polar surface area (TPSA) is 120 Å². The monoisotopic (exact) mass is 442 g/mol. The summed E-state index contributed by atoms with van der Waals surface area (Å²) in [6, 6.07) is 9.34. The van der Waals surface area contributed by atoms with E-state index < -0.39 is 5.54 Å². The number of aromatic nitrogens is 5. The highest BCUT2D eigenvalue weighted by Gasteiger charge is 2.22. The molecule has 0 fully saturated rings. The van der Waals surface area contributed by atoms with Crippen LogP contribution >= 0.6 is 23.2 Å². The number of imidazole rings is 1. The molecule has 0 saturated carbocycles. The van der Waals surface area contributed by atoms with Crippen molar-refractivity contribution in [2.75, 3.05) is 16.8 Å². The second kappa shape index (κ2) is 7.62. The van der Waals surface area contributed by atoms with Gasteiger partial charge in [-0.25, -0.2) is 4.98 Å². The summed E-state index contributed by atoms with van der Waals surface area (Å²) in [7, 11) is 0. The van der Waals surface area contributed by atoms with Crippen LogP contribution in [-0.4, -0.2) is 29.9 Å². The molecule has 4 aromatic rings. The maximum Gasteiger partial charge on any atom is 0.228 e. The van der Waals surface area contributed by atoms with Crippen LogP contribution < -0.4 is 16.8 Å². The molecule has 0 aliphatic heterocycles. The van der Waals surface area contributed by atoms with E-state index in [-0.39, 0.29) is 5.95 Å². The van der Waals surface area contributed by atoms with Gasteiger partial charge in [0.1, 0.15) is 0 Å². The Kier molecular flexibility index (Phi) is 5.13. The molecule has 1 aromatic carbocycles. The van der Waals surface area contributed by atoms with E-state index in [0.717, 1.165) is 16.6 Å². The molecule has 10 heteroatoms.